The van der Waals surface area contributed by atoms with Gasteiger partial charge in [0.1, 0.15) is 0 Å². The topological polar surface area (TPSA) is 41.1 Å². The summed E-state index contributed by atoms with van der Waals surface area (Å²) in [4.78, 5) is 12.8. The molecule has 108 valence electrons. The van der Waals surface area contributed by atoms with Crippen molar-refractivity contribution in [2.24, 2.45) is 0 Å². The van der Waals surface area contributed by atoms with Crippen LogP contribution < -0.4 is 10.6 Å². The fourth-order valence-electron chi connectivity index (χ4n) is 1.59. The van der Waals surface area contributed by atoms with Crippen LogP contribution in [0.2, 0.25) is 5.02 Å². The van der Waals surface area contributed by atoms with E-state index in [-0.39, 0.29) is 11.0 Å². The minimum Gasteiger partial charge on any atom is -0.332 e. The van der Waals surface area contributed by atoms with E-state index in [0.29, 0.717) is 5.02 Å². The monoisotopic (exact) mass is 336 g/mol. The molecule has 0 aliphatic rings. The third-order valence-electron chi connectivity index (χ3n) is 2.69. The number of amides is 1. The Hall–Kier alpha value is -1.69. The molecule has 0 saturated heterocycles. The van der Waals surface area contributed by atoms with Crippen molar-refractivity contribution in [3.05, 3.63) is 57.3 Å². The van der Waals surface area contributed by atoms with E-state index >= 15 is 0 Å². The first kappa shape index (κ1) is 15.7. The number of rotatable bonds is 3. The Labute approximate surface area is 137 Å². The lowest BCUT2D eigenvalue weighted by Gasteiger charge is -2.11. The maximum absolute atomic E-state index is 11.7. The maximum atomic E-state index is 11.7. The van der Waals surface area contributed by atoms with Crippen LogP contribution in [0.5, 0.6) is 0 Å². The molecule has 0 atom stereocenters. The SMILES string of the molecule is Cc1c(Cl)cccc1NC(=S)NC(=O)/C=C/c1cccs1. The van der Waals surface area contributed by atoms with Gasteiger partial charge in [-0.05, 0) is 54.4 Å². The molecule has 0 saturated carbocycles. The first-order valence-electron chi connectivity index (χ1n) is 6.15. The molecule has 3 nitrogen and oxygen atoms in total. The van der Waals surface area contributed by atoms with E-state index in [9.17, 15) is 4.79 Å². The molecule has 1 heterocycles. The zero-order valence-electron chi connectivity index (χ0n) is 11.2. The summed E-state index contributed by atoms with van der Waals surface area (Å²) in [5.74, 6) is -0.277. The molecular weight excluding hydrogens is 324 g/mol. The average molecular weight is 337 g/mol. The van der Waals surface area contributed by atoms with E-state index < -0.39 is 0 Å². The zero-order valence-corrected chi connectivity index (χ0v) is 13.6. The third kappa shape index (κ3) is 4.67. The van der Waals surface area contributed by atoms with Gasteiger partial charge in [-0.25, -0.2) is 0 Å². The van der Waals surface area contributed by atoms with Gasteiger partial charge < -0.3 is 5.32 Å². The van der Waals surface area contributed by atoms with Crippen molar-refractivity contribution in [1.29, 1.82) is 0 Å². The predicted octanol–water partition coefficient (Wildman–Crippen LogP) is 4.24. The number of hydrogen-bond donors (Lipinski definition) is 2. The van der Waals surface area contributed by atoms with Crippen molar-refractivity contribution < 1.29 is 4.79 Å². The van der Waals surface area contributed by atoms with Crippen LogP contribution in [0.1, 0.15) is 10.4 Å². The van der Waals surface area contributed by atoms with Gasteiger partial charge in [0.05, 0.1) is 0 Å². The van der Waals surface area contributed by atoms with E-state index in [4.69, 9.17) is 23.8 Å². The number of carbonyl (C=O) groups excluding carboxylic acids is 1. The molecule has 0 aliphatic carbocycles. The molecule has 0 spiro atoms. The quantitative estimate of drug-likeness (QED) is 0.650. The summed E-state index contributed by atoms with van der Waals surface area (Å²) >= 11 is 12.7. The normalized spacial score (nSPS) is 10.6. The average Bonchev–Trinajstić information content (AvgIpc) is 2.95. The first-order valence-corrected chi connectivity index (χ1v) is 7.81. The second-order valence-electron chi connectivity index (χ2n) is 4.20. The molecule has 1 aromatic carbocycles. The molecule has 2 aromatic rings. The third-order valence-corrected chi connectivity index (χ3v) is 4.15. The summed E-state index contributed by atoms with van der Waals surface area (Å²) in [6.45, 7) is 1.88. The Balaban J connectivity index is 1.92. The summed E-state index contributed by atoms with van der Waals surface area (Å²) in [5.41, 5.74) is 1.65. The van der Waals surface area contributed by atoms with Crippen LogP contribution in [0, 0.1) is 6.92 Å². The lowest BCUT2D eigenvalue weighted by molar-refractivity contribution is -0.115. The number of halogens is 1. The number of nitrogens with one attached hydrogen (secondary N) is 2. The first-order chi connectivity index (χ1) is 10.1. The highest BCUT2D eigenvalue weighted by Crippen LogP contribution is 2.22. The molecule has 1 aromatic heterocycles. The van der Waals surface area contributed by atoms with Gasteiger partial charge in [-0.1, -0.05) is 23.7 Å². The van der Waals surface area contributed by atoms with Crippen LogP contribution in [0.4, 0.5) is 5.69 Å². The van der Waals surface area contributed by atoms with Crippen LogP contribution in [0.25, 0.3) is 6.08 Å². The van der Waals surface area contributed by atoms with Crippen molar-refractivity contribution in [2.45, 2.75) is 6.92 Å². The van der Waals surface area contributed by atoms with Gasteiger partial charge in [-0.3, -0.25) is 10.1 Å². The van der Waals surface area contributed by atoms with E-state index in [1.54, 1.807) is 23.5 Å². The molecule has 1 amide bonds. The molecular formula is C15H13ClN2OS2. The Morgan fingerprint density at radius 1 is 1.33 bits per heavy atom. The van der Waals surface area contributed by atoms with Crippen molar-refractivity contribution in [3.8, 4) is 0 Å². The molecule has 0 radical (unpaired) electrons. The number of hydrogen-bond acceptors (Lipinski definition) is 3. The Morgan fingerprint density at radius 3 is 2.86 bits per heavy atom. The van der Waals surface area contributed by atoms with Crippen LogP contribution in [0.3, 0.4) is 0 Å². The van der Waals surface area contributed by atoms with Crippen molar-refractivity contribution in [2.75, 3.05) is 5.32 Å². The van der Waals surface area contributed by atoms with Gasteiger partial charge in [0.15, 0.2) is 5.11 Å². The van der Waals surface area contributed by atoms with Gasteiger partial charge >= 0.3 is 0 Å². The Bertz CT molecular complexity index is 681. The summed E-state index contributed by atoms with van der Waals surface area (Å²) < 4.78 is 0. The molecule has 21 heavy (non-hydrogen) atoms. The summed E-state index contributed by atoms with van der Waals surface area (Å²) in [6.07, 6.45) is 3.19. The number of carbonyl (C=O) groups is 1. The highest BCUT2D eigenvalue weighted by atomic mass is 35.5. The maximum Gasteiger partial charge on any atom is 0.250 e. The Kier molecular flexibility index (Phi) is 5.50. The smallest absolute Gasteiger partial charge is 0.250 e. The second kappa shape index (κ2) is 7.36. The van der Waals surface area contributed by atoms with E-state index in [1.807, 2.05) is 36.6 Å². The summed E-state index contributed by atoms with van der Waals surface area (Å²) in [7, 11) is 0. The Morgan fingerprint density at radius 2 is 2.14 bits per heavy atom. The number of thiocarbonyl (C=S) groups is 1. The van der Waals surface area contributed by atoms with Crippen LogP contribution in [-0.4, -0.2) is 11.0 Å². The minimum absolute atomic E-state index is 0.237. The minimum atomic E-state index is -0.277. The summed E-state index contributed by atoms with van der Waals surface area (Å²) in [5, 5.41) is 8.38. The highest BCUT2D eigenvalue weighted by Gasteiger charge is 2.05. The standard InChI is InChI=1S/C15H13ClN2OS2/c1-10-12(16)5-2-6-13(10)17-15(20)18-14(19)8-7-11-4-3-9-21-11/h2-9H,1H3,(H2,17,18,19,20)/b8-7+. The summed E-state index contributed by atoms with van der Waals surface area (Å²) in [6, 6.07) is 9.32. The van der Waals surface area contributed by atoms with E-state index in [2.05, 4.69) is 10.6 Å². The van der Waals surface area contributed by atoms with Crippen molar-refractivity contribution >= 4 is 57.9 Å². The lowest BCUT2D eigenvalue weighted by atomic mass is 10.2. The van der Waals surface area contributed by atoms with Crippen molar-refractivity contribution in [1.82, 2.24) is 5.32 Å². The fourth-order valence-corrected chi connectivity index (χ4v) is 2.60. The lowest BCUT2D eigenvalue weighted by Crippen LogP contribution is -2.33. The van der Waals surface area contributed by atoms with Gasteiger partial charge in [-0.15, -0.1) is 11.3 Å². The largest absolute Gasteiger partial charge is 0.332 e. The number of thiophene rings is 1. The second-order valence-corrected chi connectivity index (χ2v) is 6.00. The predicted molar refractivity (Wildman–Crippen MR) is 93.9 cm³/mol. The molecule has 0 aliphatic heterocycles. The van der Waals surface area contributed by atoms with Crippen LogP contribution in [0.15, 0.2) is 41.8 Å². The van der Waals surface area contributed by atoms with Gasteiger partial charge in [0.2, 0.25) is 5.91 Å². The molecule has 2 N–H and O–H groups in total. The fraction of sp³-hybridized carbons (Fsp3) is 0.0667. The van der Waals surface area contributed by atoms with Gasteiger partial charge in [-0.2, -0.15) is 0 Å². The van der Waals surface area contributed by atoms with E-state index in [0.717, 1.165) is 16.1 Å². The van der Waals surface area contributed by atoms with E-state index in [1.165, 1.54) is 6.08 Å². The molecule has 0 fully saturated rings. The molecule has 6 heteroatoms. The van der Waals surface area contributed by atoms with Gasteiger partial charge in [0.25, 0.3) is 0 Å². The molecule has 0 unspecified atom stereocenters. The van der Waals surface area contributed by atoms with Crippen molar-refractivity contribution in [3.63, 3.8) is 0 Å². The zero-order chi connectivity index (χ0) is 15.2. The van der Waals surface area contributed by atoms with Crippen LogP contribution in [-0.2, 0) is 4.79 Å². The highest BCUT2D eigenvalue weighted by molar-refractivity contribution is 7.80. The molecule has 2 rings (SSSR count). The van der Waals surface area contributed by atoms with Gasteiger partial charge in [0, 0.05) is 21.7 Å². The van der Waals surface area contributed by atoms with Crippen LogP contribution >= 0.6 is 35.2 Å². The molecule has 0 bridgehead atoms. The number of anilines is 1. The number of benzene rings is 1.